The van der Waals surface area contributed by atoms with Crippen LogP contribution in [-0.4, -0.2) is 35.2 Å². The van der Waals surface area contributed by atoms with E-state index < -0.39 is 6.08 Å². The Morgan fingerprint density at radius 2 is 1.92 bits per heavy atom. The Hall–Kier alpha value is -1.66. The third-order valence-corrected chi connectivity index (χ3v) is 1.06. The molecular formula is C6H12N3O4-. The number of aliphatic hydroxyl groups is 1. The molecule has 0 bridgehead atoms. The number of carbonyl (C=O) groups excluding carboxylic acids is 1. The molecule has 0 saturated carbocycles. The zero-order valence-electron chi connectivity index (χ0n) is 7.24. The number of nitrogens with one attached hydrogen (secondary N) is 2. The maximum absolute atomic E-state index is 10.6. The van der Waals surface area contributed by atoms with Gasteiger partial charge in [-0.1, -0.05) is 6.92 Å². The van der Waals surface area contributed by atoms with Gasteiger partial charge >= 0.3 is 12.1 Å². The first-order valence-electron chi connectivity index (χ1n) is 3.64. The first kappa shape index (κ1) is 11.3. The van der Waals surface area contributed by atoms with Crippen LogP contribution in [0, 0.1) is 0 Å². The van der Waals surface area contributed by atoms with Crippen molar-refractivity contribution in [2.45, 2.75) is 13.3 Å². The third-order valence-electron chi connectivity index (χ3n) is 1.06. The number of carbonyl (C=O) groups is 1. The van der Waals surface area contributed by atoms with Gasteiger partial charge in [-0.2, -0.15) is 0 Å². The molecule has 0 heterocycles. The lowest BCUT2D eigenvalue weighted by Crippen LogP contribution is -2.16. The lowest BCUT2D eigenvalue weighted by Gasteiger charge is -2.07. The fourth-order valence-electron chi connectivity index (χ4n) is 0.455. The lowest BCUT2D eigenvalue weighted by atomic mass is 10.5. The van der Waals surface area contributed by atoms with Gasteiger partial charge in [0.2, 0.25) is 0 Å². The van der Waals surface area contributed by atoms with E-state index >= 15 is 0 Å². The van der Waals surface area contributed by atoms with Crippen LogP contribution < -0.4 is 0 Å². The van der Waals surface area contributed by atoms with Gasteiger partial charge in [0.25, 0.3) is 0 Å². The third kappa shape index (κ3) is 5.59. The molecule has 0 aromatic rings. The summed E-state index contributed by atoms with van der Waals surface area (Å²) >= 11 is 0. The van der Waals surface area contributed by atoms with Crippen molar-refractivity contribution >= 4 is 12.1 Å². The number of esters is 1. The fraction of sp³-hybridized carbons (Fsp3) is 0.667. The number of ether oxygens (including phenoxy) is 2. The highest BCUT2D eigenvalue weighted by Gasteiger charge is 2.02. The molecule has 0 aromatic heterocycles. The SMILES string of the molecule is CCC(=O)OCCOC(O)=[N+]([NH-])[NH-]. The molecule has 0 aliphatic carbocycles. The Kier molecular flexibility index (Phi) is 5.17. The van der Waals surface area contributed by atoms with Gasteiger partial charge in [-0.25, -0.2) is 0 Å². The molecule has 0 unspecified atom stereocenters. The maximum atomic E-state index is 10.6. The molecule has 76 valence electrons. The predicted octanol–water partition coefficient (Wildman–Crippen LogP) is 0.817. The van der Waals surface area contributed by atoms with Crippen molar-refractivity contribution in [2.75, 3.05) is 13.2 Å². The van der Waals surface area contributed by atoms with Crippen LogP contribution in [-0.2, 0) is 14.3 Å². The summed E-state index contributed by atoms with van der Waals surface area (Å²) in [6.45, 7) is 1.57. The summed E-state index contributed by atoms with van der Waals surface area (Å²) in [5.74, 6) is 12.7. The van der Waals surface area contributed by atoms with Crippen LogP contribution in [0.25, 0.3) is 11.7 Å². The zero-order valence-corrected chi connectivity index (χ0v) is 7.24. The minimum absolute atomic E-state index is 0.00935. The van der Waals surface area contributed by atoms with E-state index in [-0.39, 0.29) is 30.4 Å². The summed E-state index contributed by atoms with van der Waals surface area (Å²) in [5, 5.41) is 8.65. The summed E-state index contributed by atoms with van der Waals surface area (Å²) in [4.78, 5) is 10.5. The Morgan fingerprint density at radius 3 is 2.38 bits per heavy atom. The molecule has 0 rings (SSSR count). The van der Waals surface area contributed by atoms with Crippen molar-refractivity contribution in [3.8, 4) is 0 Å². The Bertz CT molecular complexity index is 200. The van der Waals surface area contributed by atoms with Gasteiger partial charge in [0.1, 0.15) is 13.2 Å². The average molecular weight is 190 g/mol. The van der Waals surface area contributed by atoms with E-state index in [4.69, 9.17) is 16.8 Å². The van der Waals surface area contributed by atoms with Gasteiger partial charge in [0.15, 0.2) is 0 Å². The van der Waals surface area contributed by atoms with Crippen molar-refractivity contribution < 1.29 is 24.2 Å². The molecule has 0 radical (unpaired) electrons. The Labute approximate surface area is 75.5 Å². The molecule has 7 heteroatoms. The molecule has 0 fully saturated rings. The minimum atomic E-state index is -0.854. The van der Waals surface area contributed by atoms with Gasteiger partial charge in [-0.05, 0) is 0 Å². The van der Waals surface area contributed by atoms with Gasteiger partial charge < -0.3 is 26.3 Å². The monoisotopic (exact) mass is 190 g/mol. The van der Waals surface area contributed by atoms with E-state index in [2.05, 4.69) is 9.47 Å². The molecule has 0 aromatic carbocycles. The highest BCUT2D eigenvalue weighted by atomic mass is 16.6. The van der Waals surface area contributed by atoms with E-state index in [1.807, 2.05) is 0 Å². The molecule has 0 aliphatic rings. The van der Waals surface area contributed by atoms with Crippen LogP contribution in [0.2, 0.25) is 0 Å². The lowest BCUT2D eigenvalue weighted by molar-refractivity contribution is -0.405. The van der Waals surface area contributed by atoms with Crippen molar-refractivity contribution in [3.63, 3.8) is 0 Å². The number of rotatable bonds is 4. The van der Waals surface area contributed by atoms with Crippen LogP contribution in [0.3, 0.4) is 0 Å². The van der Waals surface area contributed by atoms with Gasteiger partial charge in [-0.3, -0.25) is 9.59 Å². The second-order valence-corrected chi connectivity index (χ2v) is 2.04. The Morgan fingerprint density at radius 1 is 1.38 bits per heavy atom. The van der Waals surface area contributed by atoms with Crippen LogP contribution in [0.15, 0.2) is 0 Å². The van der Waals surface area contributed by atoms with E-state index in [0.29, 0.717) is 0 Å². The second kappa shape index (κ2) is 5.92. The van der Waals surface area contributed by atoms with Crippen LogP contribution >= 0.6 is 0 Å². The van der Waals surface area contributed by atoms with Crippen LogP contribution in [0.1, 0.15) is 13.3 Å². The normalized spacial score (nSPS) is 9.00. The van der Waals surface area contributed by atoms with Gasteiger partial charge in [-0.15, -0.1) is 0 Å². The first-order valence-corrected chi connectivity index (χ1v) is 3.64. The molecule has 3 N–H and O–H groups in total. The van der Waals surface area contributed by atoms with Gasteiger partial charge in [0, 0.05) is 6.42 Å². The second-order valence-electron chi connectivity index (χ2n) is 2.04. The van der Waals surface area contributed by atoms with Gasteiger partial charge in [0.05, 0.1) is 0 Å². The quantitative estimate of drug-likeness (QED) is 0.177. The molecule has 7 nitrogen and oxygen atoms in total. The van der Waals surface area contributed by atoms with Crippen molar-refractivity contribution in [3.05, 3.63) is 11.7 Å². The summed E-state index contributed by atoms with van der Waals surface area (Å²) < 4.78 is 9.04. The first-order chi connectivity index (χ1) is 6.07. The smallest absolute Gasteiger partial charge is 0.462 e. The standard InChI is InChI=1S/C6H12N3O4/c1-2-5(10)12-3-4-13-6(11)9(7)8/h2-4H2,1H3,(H3-,7,8,11)/q-1. The summed E-state index contributed by atoms with van der Waals surface area (Å²) in [6.07, 6.45) is -0.578. The molecule has 0 saturated heterocycles. The zero-order chi connectivity index (χ0) is 10.3. The van der Waals surface area contributed by atoms with Crippen molar-refractivity contribution in [1.82, 2.24) is 0 Å². The predicted molar refractivity (Wildman–Crippen MR) is 43.7 cm³/mol. The Balaban J connectivity index is 3.47. The van der Waals surface area contributed by atoms with Crippen LogP contribution in [0.4, 0.5) is 0 Å². The van der Waals surface area contributed by atoms with Crippen molar-refractivity contribution in [2.24, 2.45) is 0 Å². The van der Waals surface area contributed by atoms with Crippen molar-refractivity contribution in [1.29, 1.82) is 0 Å². The topological polar surface area (TPSA) is 106 Å². The molecule has 13 heavy (non-hydrogen) atoms. The molecule has 0 aliphatic heterocycles. The van der Waals surface area contributed by atoms with E-state index in [9.17, 15) is 4.79 Å². The maximum Gasteiger partial charge on any atom is 0.537 e. The molecule has 0 spiro atoms. The summed E-state index contributed by atoms with van der Waals surface area (Å²) in [7, 11) is 0. The molecular weight excluding hydrogens is 178 g/mol. The highest BCUT2D eigenvalue weighted by molar-refractivity contribution is 5.68. The number of aliphatic hydroxyl groups excluding tert-OH is 1. The van der Waals surface area contributed by atoms with Crippen LogP contribution in [0.5, 0.6) is 0 Å². The number of nitrogens with zero attached hydrogens (tertiary/aromatic N) is 1. The largest absolute Gasteiger partial charge is 0.537 e. The highest BCUT2D eigenvalue weighted by Crippen LogP contribution is 1.86. The number of hydrogen-bond donors (Lipinski definition) is 1. The fourth-order valence-corrected chi connectivity index (χ4v) is 0.455. The van der Waals surface area contributed by atoms with E-state index in [0.717, 1.165) is 0 Å². The van der Waals surface area contributed by atoms with E-state index in [1.54, 1.807) is 6.92 Å². The molecule has 0 amide bonds. The van der Waals surface area contributed by atoms with E-state index in [1.165, 1.54) is 0 Å². The average Bonchev–Trinajstić information content (AvgIpc) is 2.11. The summed E-state index contributed by atoms with van der Waals surface area (Å²) in [5.41, 5.74) is 0. The minimum Gasteiger partial charge on any atom is -0.462 e. The summed E-state index contributed by atoms with van der Waals surface area (Å²) in [6, 6.07) is 0. The molecule has 0 atom stereocenters. The number of hydrogen-bond acceptors (Lipinski definition) is 3.